The van der Waals surface area contributed by atoms with Gasteiger partial charge in [-0.15, -0.1) is 0 Å². The summed E-state index contributed by atoms with van der Waals surface area (Å²) in [5, 5.41) is 2.98. The topological polar surface area (TPSA) is 44.8 Å². The molecule has 1 N–H and O–H groups in total. The molecule has 6 heteroatoms. The second-order valence-electron chi connectivity index (χ2n) is 5.86. The molecule has 0 aromatic rings. The highest BCUT2D eigenvalue weighted by Gasteiger charge is 2.27. The van der Waals surface area contributed by atoms with Crippen LogP contribution in [0, 0.1) is 0 Å². The maximum absolute atomic E-state index is 12.4. The molecule has 2 saturated heterocycles. The van der Waals surface area contributed by atoms with E-state index in [4.69, 9.17) is 4.74 Å². The van der Waals surface area contributed by atoms with E-state index in [9.17, 15) is 4.79 Å². The van der Waals surface area contributed by atoms with Crippen molar-refractivity contribution in [2.24, 2.45) is 0 Å². The summed E-state index contributed by atoms with van der Waals surface area (Å²) in [5.74, 6) is 2.23. The van der Waals surface area contributed by atoms with Gasteiger partial charge in [0, 0.05) is 32.5 Å². The highest BCUT2D eigenvalue weighted by molar-refractivity contribution is 7.99. The second kappa shape index (κ2) is 9.54. The molecule has 2 aliphatic heterocycles. The minimum absolute atomic E-state index is 0.0801. The van der Waals surface area contributed by atoms with Crippen LogP contribution < -0.4 is 5.32 Å². The normalized spacial score (nSPS) is 24.6. The number of likely N-dealkylation sites (tertiary alicyclic amines) is 1. The Hall–Kier alpha value is -0.460. The molecular weight excluding hydrogens is 286 g/mol. The molecule has 0 saturated carbocycles. The van der Waals surface area contributed by atoms with E-state index in [0.29, 0.717) is 19.2 Å². The number of rotatable bonds is 5. The van der Waals surface area contributed by atoms with E-state index in [-0.39, 0.29) is 6.03 Å². The molecule has 2 amide bonds. The Morgan fingerprint density at radius 3 is 2.81 bits per heavy atom. The molecule has 0 spiro atoms. The summed E-state index contributed by atoms with van der Waals surface area (Å²) < 4.78 is 5.01. The van der Waals surface area contributed by atoms with Crippen molar-refractivity contribution in [3.63, 3.8) is 0 Å². The average molecular weight is 315 g/mol. The molecule has 21 heavy (non-hydrogen) atoms. The van der Waals surface area contributed by atoms with Gasteiger partial charge in [0.05, 0.1) is 12.6 Å². The molecule has 1 unspecified atom stereocenters. The number of ether oxygens (including phenoxy) is 1. The second-order valence-corrected chi connectivity index (χ2v) is 7.01. The summed E-state index contributed by atoms with van der Waals surface area (Å²) in [6.45, 7) is 5.47. The zero-order chi connectivity index (χ0) is 14.9. The predicted molar refractivity (Wildman–Crippen MR) is 88.0 cm³/mol. The number of hydrogen-bond donors (Lipinski definition) is 1. The molecule has 1 atom stereocenters. The molecule has 0 aromatic heterocycles. The lowest BCUT2D eigenvalue weighted by Gasteiger charge is -2.35. The first kappa shape index (κ1) is 16.9. The van der Waals surface area contributed by atoms with E-state index in [2.05, 4.69) is 15.1 Å². The van der Waals surface area contributed by atoms with Crippen molar-refractivity contribution >= 4 is 17.8 Å². The van der Waals surface area contributed by atoms with Gasteiger partial charge in [0.1, 0.15) is 0 Å². The number of urea groups is 1. The van der Waals surface area contributed by atoms with Crippen molar-refractivity contribution in [3.8, 4) is 0 Å². The van der Waals surface area contributed by atoms with Gasteiger partial charge in [-0.25, -0.2) is 4.79 Å². The third kappa shape index (κ3) is 5.68. The van der Waals surface area contributed by atoms with Gasteiger partial charge in [0.2, 0.25) is 0 Å². The predicted octanol–water partition coefficient (Wildman–Crippen LogP) is 1.64. The lowest BCUT2D eigenvalue weighted by atomic mass is 10.1. The summed E-state index contributed by atoms with van der Waals surface area (Å²) in [6, 6.07) is 0.426. The smallest absolute Gasteiger partial charge is 0.317 e. The van der Waals surface area contributed by atoms with Crippen molar-refractivity contribution in [3.05, 3.63) is 0 Å². The lowest BCUT2D eigenvalue weighted by Crippen LogP contribution is -2.52. The van der Waals surface area contributed by atoms with E-state index < -0.39 is 0 Å². The Kier molecular flexibility index (Phi) is 7.68. The molecule has 2 heterocycles. The van der Waals surface area contributed by atoms with Crippen LogP contribution in [0.1, 0.15) is 25.7 Å². The van der Waals surface area contributed by atoms with Crippen LogP contribution >= 0.6 is 11.8 Å². The molecule has 0 aliphatic carbocycles. The molecule has 0 bridgehead atoms. The van der Waals surface area contributed by atoms with Gasteiger partial charge in [-0.2, -0.15) is 11.8 Å². The standard InChI is InChI=1S/C15H29N3O2S/c1-20-10-6-16-15(19)18-9-5-11-21-13-14(18)12-17-7-3-2-4-8-17/h14H,2-13H2,1H3,(H,16,19). The van der Waals surface area contributed by atoms with Crippen LogP contribution in [0.25, 0.3) is 0 Å². The lowest BCUT2D eigenvalue weighted by molar-refractivity contribution is 0.139. The number of nitrogens with zero attached hydrogens (tertiary/aromatic N) is 2. The third-order valence-electron chi connectivity index (χ3n) is 4.20. The van der Waals surface area contributed by atoms with Crippen LogP contribution in [-0.2, 0) is 4.74 Å². The maximum atomic E-state index is 12.4. The number of piperidine rings is 1. The summed E-state index contributed by atoms with van der Waals surface area (Å²) in [5.41, 5.74) is 0. The number of thioether (sulfide) groups is 1. The SMILES string of the molecule is COCCNC(=O)N1CCCSCC1CN1CCCCC1. The minimum atomic E-state index is 0.0801. The maximum Gasteiger partial charge on any atom is 0.317 e. The molecule has 122 valence electrons. The van der Waals surface area contributed by atoms with Gasteiger partial charge in [0.25, 0.3) is 0 Å². The number of carbonyl (C=O) groups is 1. The Labute approximate surface area is 132 Å². The van der Waals surface area contributed by atoms with E-state index in [1.165, 1.54) is 38.1 Å². The molecule has 2 aliphatic rings. The van der Waals surface area contributed by atoms with Crippen molar-refractivity contribution in [1.29, 1.82) is 0 Å². The number of carbonyl (C=O) groups excluding carboxylic acids is 1. The van der Waals surface area contributed by atoms with Crippen LogP contribution in [0.15, 0.2) is 0 Å². The first-order valence-corrected chi connectivity index (χ1v) is 9.30. The van der Waals surface area contributed by atoms with Crippen LogP contribution in [-0.4, -0.2) is 79.8 Å². The Bertz CT molecular complexity index is 311. The number of amides is 2. The molecule has 0 aromatic carbocycles. The number of nitrogens with one attached hydrogen (secondary N) is 1. The van der Waals surface area contributed by atoms with Crippen LogP contribution in [0.2, 0.25) is 0 Å². The number of hydrogen-bond acceptors (Lipinski definition) is 4. The zero-order valence-corrected chi connectivity index (χ0v) is 14.0. The highest BCUT2D eigenvalue weighted by Crippen LogP contribution is 2.19. The molecule has 0 radical (unpaired) electrons. The van der Waals surface area contributed by atoms with Gasteiger partial charge >= 0.3 is 6.03 Å². The number of methoxy groups -OCH3 is 1. The fraction of sp³-hybridized carbons (Fsp3) is 0.933. The molecule has 5 nitrogen and oxygen atoms in total. The summed E-state index contributed by atoms with van der Waals surface area (Å²) in [7, 11) is 1.66. The molecular formula is C15H29N3O2S. The highest BCUT2D eigenvalue weighted by atomic mass is 32.2. The van der Waals surface area contributed by atoms with Crippen LogP contribution in [0.4, 0.5) is 4.79 Å². The van der Waals surface area contributed by atoms with Crippen molar-refractivity contribution in [2.75, 3.05) is 57.9 Å². The van der Waals surface area contributed by atoms with Gasteiger partial charge in [-0.3, -0.25) is 0 Å². The molecule has 2 rings (SSSR count). The fourth-order valence-electron chi connectivity index (χ4n) is 3.05. The zero-order valence-electron chi connectivity index (χ0n) is 13.2. The van der Waals surface area contributed by atoms with Crippen molar-refractivity contribution in [2.45, 2.75) is 31.7 Å². The van der Waals surface area contributed by atoms with Gasteiger partial charge in [-0.05, 0) is 38.1 Å². The van der Waals surface area contributed by atoms with Crippen molar-refractivity contribution in [1.82, 2.24) is 15.1 Å². The average Bonchev–Trinajstić information content (AvgIpc) is 2.74. The Morgan fingerprint density at radius 2 is 2.05 bits per heavy atom. The minimum Gasteiger partial charge on any atom is -0.383 e. The van der Waals surface area contributed by atoms with Crippen molar-refractivity contribution < 1.29 is 9.53 Å². The summed E-state index contributed by atoms with van der Waals surface area (Å²) >= 11 is 1.99. The quantitative estimate of drug-likeness (QED) is 0.783. The van der Waals surface area contributed by atoms with Gasteiger partial charge < -0.3 is 19.9 Å². The van der Waals surface area contributed by atoms with Gasteiger partial charge in [-0.1, -0.05) is 6.42 Å². The van der Waals surface area contributed by atoms with E-state index in [0.717, 1.165) is 25.3 Å². The van der Waals surface area contributed by atoms with E-state index >= 15 is 0 Å². The largest absolute Gasteiger partial charge is 0.383 e. The Balaban J connectivity index is 1.88. The first-order chi connectivity index (χ1) is 10.3. The van der Waals surface area contributed by atoms with Crippen LogP contribution in [0.3, 0.4) is 0 Å². The monoisotopic (exact) mass is 315 g/mol. The van der Waals surface area contributed by atoms with E-state index in [1.54, 1.807) is 7.11 Å². The van der Waals surface area contributed by atoms with Gasteiger partial charge in [0.15, 0.2) is 0 Å². The van der Waals surface area contributed by atoms with E-state index in [1.807, 2.05) is 11.8 Å². The third-order valence-corrected chi connectivity index (χ3v) is 5.40. The van der Waals surface area contributed by atoms with Crippen LogP contribution in [0.5, 0.6) is 0 Å². The summed E-state index contributed by atoms with van der Waals surface area (Å²) in [4.78, 5) is 17.0. The first-order valence-electron chi connectivity index (χ1n) is 8.15. The fourth-order valence-corrected chi connectivity index (χ4v) is 4.11. The Morgan fingerprint density at radius 1 is 1.24 bits per heavy atom. The molecule has 2 fully saturated rings. The summed E-state index contributed by atoms with van der Waals surface area (Å²) in [6.07, 6.45) is 5.07.